The minimum Gasteiger partial charge on any atom is -0.343 e. The molecule has 4 heteroatoms. The van der Waals surface area contributed by atoms with Crippen LogP contribution in [0.25, 0.3) is 0 Å². The Morgan fingerprint density at radius 2 is 1.64 bits per heavy atom. The van der Waals surface area contributed by atoms with Gasteiger partial charge in [-0.1, -0.05) is 57.0 Å². The van der Waals surface area contributed by atoms with E-state index >= 15 is 0 Å². The molecule has 3 nitrogen and oxygen atoms in total. The normalized spacial score (nSPS) is 12.1. The Hall–Kier alpha value is -1.16. The molecule has 1 rings (SSSR count). The standard InChI is InChI=1S/C18H29NO2S/c1-3-5-13-19(14-6-4-2)18(20)12-15-22(21)16-17-10-8-7-9-11-17/h7-11H,3-6,12-16H2,1-2H3. The van der Waals surface area contributed by atoms with E-state index in [1.165, 1.54) is 0 Å². The molecular weight excluding hydrogens is 294 g/mol. The number of nitrogens with zero attached hydrogens (tertiary/aromatic N) is 1. The van der Waals surface area contributed by atoms with Crippen molar-refractivity contribution in [3.05, 3.63) is 35.9 Å². The third-order valence-electron chi connectivity index (χ3n) is 3.63. The first kappa shape index (κ1) is 18.9. The molecule has 0 heterocycles. The lowest BCUT2D eigenvalue weighted by Gasteiger charge is -2.22. The second-order valence-corrected chi connectivity index (χ2v) is 7.19. The Labute approximate surface area is 137 Å². The molecule has 1 aromatic carbocycles. The van der Waals surface area contributed by atoms with Gasteiger partial charge in [-0.05, 0) is 18.4 Å². The molecule has 124 valence electrons. The zero-order valence-electron chi connectivity index (χ0n) is 13.9. The number of hydrogen-bond acceptors (Lipinski definition) is 2. The maximum atomic E-state index is 12.3. The summed E-state index contributed by atoms with van der Waals surface area (Å²) in [7, 11) is -0.967. The van der Waals surface area contributed by atoms with Crippen molar-refractivity contribution in [2.75, 3.05) is 18.8 Å². The lowest BCUT2D eigenvalue weighted by Crippen LogP contribution is -2.33. The summed E-state index contributed by atoms with van der Waals surface area (Å²) in [5.74, 6) is 1.16. The van der Waals surface area contributed by atoms with Gasteiger partial charge >= 0.3 is 0 Å². The van der Waals surface area contributed by atoms with Crippen molar-refractivity contribution in [3.63, 3.8) is 0 Å². The summed E-state index contributed by atoms with van der Waals surface area (Å²) in [5, 5.41) is 0. The molecule has 0 aliphatic heterocycles. The van der Waals surface area contributed by atoms with Crippen LogP contribution in [-0.4, -0.2) is 33.9 Å². The molecule has 0 bridgehead atoms. The topological polar surface area (TPSA) is 37.4 Å². The van der Waals surface area contributed by atoms with Crippen LogP contribution in [0.2, 0.25) is 0 Å². The van der Waals surface area contributed by atoms with Crippen LogP contribution in [0.5, 0.6) is 0 Å². The van der Waals surface area contributed by atoms with E-state index in [1.807, 2.05) is 35.2 Å². The van der Waals surface area contributed by atoms with Crippen LogP contribution in [0.1, 0.15) is 51.5 Å². The summed E-state index contributed by atoms with van der Waals surface area (Å²) in [6, 6.07) is 9.82. The monoisotopic (exact) mass is 323 g/mol. The molecule has 0 spiro atoms. The van der Waals surface area contributed by atoms with Crippen molar-refractivity contribution in [1.82, 2.24) is 4.90 Å². The number of carbonyl (C=O) groups is 1. The summed E-state index contributed by atoms with van der Waals surface area (Å²) >= 11 is 0. The van der Waals surface area contributed by atoms with E-state index in [9.17, 15) is 9.00 Å². The molecule has 0 radical (unpaired) electrons. The average Bonchev–Trinajstić information content (AvgIpc) is 2.54. The van der Waals surface area contributed by atoms with Gasteiger partial charge in [-0.3, -0.25) is 9.00 Å². The maximum Gasteiger partial charge on any atom is 0.223 e. The van der Waals surface area contributed by atoms with E-state index in [0.29, 0.717) is 17.9 Å². The van der Waals surface area contributed by atoms with Gasteiger partial charge in [0.05, 0.1) is 0 Å². The Kier molecular flexibility index (Phi) is 9.80. The van der Waals surface area contributed by atoms with Crippen LogP contribution in [0.15, 0.2) is 30.3 Å². The van der Waals surface area contributed by atoms with Crippen molar-refractivity contribution in [2.24, 2.45) is 0 Å². The second kappa shape index (κ2) is 11.4. The van der Waals surface area contributed by atoms with E-state index in [2.05, 4.69) is 13.8 Å². The first-order chi connectivity index (χ1) is 10.7. The van der Waals surface area contributed by atoms with E-state index in [4.69, 9.17) is 0 Å². The Morgan fingerprint density at radius 1 is 1.05 bits per heavy atom. The number of amides is 1. The summed E-state index contributed by atoms with van der Waals surface area (Å²) in [5.41, 5.74) is 1.07. The SMILES string of the molecule is CCCCN(CCCC)C(=O)CCS(=O)Cc1ccccc1. The second-order valence-electron chi connectivity index (χ2n) is 5.61. The highest BCUT2D eigenvalue weighted by molar-refractivity contribution is 7.84. The molecule has 0 N–H and O–H groups in total. The van der Waals surface area contributed by atoms with E-state index in [0.717, 1.165) is 44.3 Å². The summed E-state index contributed by atoms with van der Waals surface area (Å²) in [4.78, 5) is 14.3. The summed E-state index contributed by atoms with van der Waals surface area (Å²) in [6.07, 6.45) is 4.67. The van der Waals surface area contributed by atoms with Gasteiger partial charge in [-0.25, -0.2) is 0 Å². The average molecular weight is 324 g/mol. The molecule has 22 heavy (non-hydrogen) atoms. The van der Waals surface area contributed by atoms with E-state index in [1.54, 1.807) is 0 Å². The van der Waals surface area contributed by atoms with Crippen molar-refractivity contribution >= 4 is 16.7 Å². The third kappa shape index (κ3) is 7.74. The van der Waals surface area contributed by atoms with E-state index < -0.39 is 10.8 Å². The highest BCUT2D eigenvalue weighted by Gasteiger charge is 2.13. The predicted molar refractivity (Wildman–Crippen MR) is 94.2 cm³/mol. The fourth-order valence-corrected chi connectivity index (χ4v) is 3.36. The van der Waals surface area contributed by atoms with Crippen molar-refractivity contribution < 1.29 is 9.00 Å². The number of benzene rings is 1. The minimum atomic E-state index is -0.967. The quantitative estimate of drug-likeness (QED) is 0.622. The fraction of sp³-hybridized carbons (Fsp3) is 0.611. The molecule has 0 saturated carbocycles. The molecule has 0 aliphatic carbocycles. The molecule has 1 unspecified atom stereocenters. The van der Waals surface area contributed by atoms with E-state index in [-0.39, 0.29) is 5.91 Å². The van der Waals surface area contributed by atoms with Gasteiger partial charge in [-0.2, -0.15) is 0 Å². The zero-order chi connectivity index (χ0) is 16.2. The number of rotatable bonds is 11. The highest BCUT2D eigenvalue weighted by Crippen LogP contribution is 2.06. The van der Waals surface area contributed by atoms with Crippen LogP contribution in [-0.2, 0) is 21.3 Å². The minimum absolute atomic E-state index is 0.156. The Bertz CT molecular complexity index is 440. The lowest BCUT2D eigenvalue weighted by atomic mass is 10.2. The van der Waals surface area contributed by atoms with Gasteiger partial charge in [-0.15, -0.1) is 0 Å². The van der Waals surface area contributed by atoms with Crippen LogP contribution < -0.4 is 0 Å². The highest BCUT2D eigenvalue weighted by atomic mass is 32.2. The van der Waals surface area contributed by atoms with Crippen molar-refractivity contribution in [1.29, 1.82) is 0 Å². The Morgan fingerprint density at radius 3 is 2.18 bits per heavy atom. The molecule has 1 atom stereocenters. The lowest BCUT2D eigenvalue weighted by molar-refractivity contribution is -0.130. The van der Waals surface area contributed by atoms with Gasteiger partial charge in [0.2, 0.25) is 5.91 Å². The first-order valence-electron chi connectivity index (χ1n) is 8.34. The van der Waals surface area contributed by atoms with Gasteiger partial charge < -0.3 is 4.90 Å². The molecule has 0 aliphatic rings. The smallest absolute Gasteiger partial charge is 0.223 e. The van der Waals surface area contributed by atoms with Crippen LogP contribution >= 0.6 is 0 Å². The van der Waals surface area contributed by atoms with Crippen LogP contribution in [0, 0.1) is 0 Å². The Balaban J connectivity index is 2.39. The molecule has 0 saturated heterocycles. The van der Waals surface area contributed by atoms with Crippen LogP contribution in [0.4, 0.5) is 0 Å². The van der Waals surface area contributed by atoms with Crippen LogP contribution in [0.3, 0.4) is 0 Å². The maximum absolute atomic E-state index is 12.3. The molecule has 0 aromatic heterocycles. The van der Waals surface area contributed by atoms with Gasteiger partial charge in [0.25, 0.3) is 0 Å². The number of unbranched alkanes of at least 4 members (excludes halogenated alkanes) is 2. The predicted octanol–water partition coefficient (Wildman–Crippen LogP) is 3.75. The largest absolute Gasteiger partial charge is 0.343 e. The van der Waals surface area contributed by atoms with Gasteiger partial charge in [0, 0.05) is 41.8 Å². The summed E-state index contributed by atoms with van der Waals surface area (Å²) in [6.45, 7) is 5.94. The number of carbonyl (C=O) groups excluding carboxylic acids is 1. The summed E-state index contributed by atoms with van der Waals surface area (Å²) < 4.78 is 12.1. The molecular formula is C18H29NO2S. The van der Waals surface area contributed by atoms with Gasteiger partial charge in [0.15, 0.2) is 0 Å². The molecule has 1 aromatic rings. The zero-order valence-corrected chi connectivity index (χ0v) is 14.7. The third-order valence-corrected chi connectivity index (χ3v) is 4.94. The number of hydrogen-bond donors (Lipinski definition) is 0. The first-order valence-corrected chi connectivity index (χ1v) is 9.82. The van der Waals surface area contributed by atoms with Crippen molar-refractivity contribution in [3.8, 4) is 0 Å². The molecule has 1 amide bonds. The fourth-order valence-electron chi connectivity index (χ4n) is 2.25. The molecule has 0 fully saturated rings. The van der Waals surface area contributed by atoms with Crippen molar-refractivity contribution in [2.45, 2.75) is 51.7 Å². The van der Waals surface area contributed by atoms with Gasteiger partial charge in [0.1, 0.15) is 0 Å².